The number of hydrogen-bond donors (Lipinski definition) is 1. The Bertz CT molecular complexity index is 652. The molecule has 3 heteroatoms. The van der Waals surface area contributed by atoms with Crippen molar-refractivity contribution >= 4 is 5.91 Å². The highest BCUT2D eigenvalue weighted by Gasteiger charge is 2.13. The first-order valence-corrected chi connectivity index (χ1v) is 8.63. The van der Waals surface area contributed by atoms with Crippen LogP contribution in [0.5, 0.6) is 0 Å². The minimum absolute atomic E-state index is 0.0139. The SMILES string of the molecule is O=C(NCc1ccccc1)c1cnc2cc1CCCCCCC2. The number of hydrogen-bond acceptors (Lipinski definition) is 2. The maximum Gasteiger partial charge on any atom is 0.253 e. The summed E-state index contributed by atoms with van der Waals surface area (Å²) < 4.78 is 0. The third-order valence-corrected chi connectivity index (χ3v) is 4.47. The van der Waals surface area contributed by atoms with Crippen LogP contribution < -0.4 is 5.32 Å². The van der Waals surface area contributed by atoms with Crippen LogP contribution in [0.2, 0.25) is 0 Å². The van der Waals surface area contributed by atoms with E-state index in [9.17, 15) is 4.79 Å². The smallest absolute Gasteiger partial charge is 0.253 e. The Kier molecular flexibility index (Phi) is 5.41. The summed E-state index contributed by atoms with van der Waals surface area (Å²) in [4.78, 5) is 17.0. The van der Waals surface area contributed by atoms with Gasteiger partial charge in [0.15, 0.2) is 0 Å². The molecule has 1 aromatic carbocycles. The molecule has 1 aliphatic carbocycles. The molecule has 0 radical (unpaired) electrons. The van der Waals surface area contributed by atoms with Gasteiger partial charge in [0.25, 0.3) is 5.91 Å². The van der Waals surface area contributed by atoms with Crippen molar-refractivity contribution in [1.29, 1.82) is 0 Å². The first kappa shape index (κ1) is 15.7. The Morgan fingerprint density at radius 1 is 1.00 bits per heavy atom. The molecule has 3 nitrogen and oxygen atoms in total. The van der Waals surface area contributed by atoms with Crippen LogP contribution in [0, 0.1) is 0 Å². The summed E-state index contributed by atoms with van der Waals surface area (Å²) in [6, 6.07) is 12.1. The zero-order valence-corrected chi connectivity index (χ0v) is 13.6. The first-order chi connectivity index (χ1) is 11.3. The topological polar surface area (TPSA) is 42.0 Å². The zero-order chi connectivity index (χ0) is 15.9. The number of nitrogens with one attached hydrogen (secondary N) is 1. The molecule has 1 amide bonds. The fraction of sp³-hybridized carbons (Fsp3) is 0.400. The van der Waals surface area contributed by atoms with Gasteiger partial charge in [-0.2, -0.15) is 0 Å². The largest absolute Gasteiger partial charge is 0.348 e. The van der Waals surface area contributed by atoms with Crippen molar-refractivity contribution in [3.8, 4) is 0 Å². The van der Waals surface area contributed by atoms with Crippen LogP contribution in [0.4, 0.5) is 0 Å². The summed E-state index contributed by atoms with van der Waals surface area (Å²) in [5.41, 5.74) is 4.13. The lowest BCUT2D eigenvalue weighted by Crippen LogP contribution is -2.24. The van der Waals surface area contributed by atoms with E-state index in [0.29, 0.717) is 6.54 Å². The van der Waals surface area contributed by atoms with E-state index in [-0.39, 0.29) is 5.91 Å². The summed E-state index contributed by atoms with van der Waals surface area (Å²) in [6.45, 7) is 0.556. The number of carbonyl (C=O) groups is 1. The van der Waals surface area contributed by atoms with Gasteiger partial charge in [-0.1, -0.05) is 49.6 Å². The van der Waals surface area contributed by atoms with E-state index in [4.69, 9.17) is 0 Å². The Morgan fingerprint density at radius 2 is 1.74 bits per heavy atom. The number of pyridine rings is 1. The monoisotopic (exact) mass is 308 g/mol. The van der Waals surface area contributed by atoms with Gasteiger partial charge >= 0.3 is 0 Å². The number of nitrogens with zero attached hydrogens (tertiary/aromatic N) is 1. The lowest BCUT2D eigenvalue weighted by Gasteiger charge is -2.13. The number of carbonyl (C=O) groups excluding carboxylic acids is 1. The average Bonchev–Trinajstić information content (AvgIpc) is 2.60. The van der Waals surface area contributed by atoms with E-state index >= 15 is 0 Å². The van der Waals surface area contributed by atoms with Crippen molar-refractivity contribution in [1.82, 2.24) is 10.3 Å². The van der Waals surface area contributed by atoms with Crippen molar-refractivity contribution in [3.05, 3.63) is 65.0 Å². The molecule has 0 fully saturated rings. The number of aromatic nitrogens is 1. The standard InChI is InChI=1S/C20H24N2O/c23-20(22-14-16-9-5-4-6-10-16)19-15-21-18-12-8-3-1-2-7-11-17(19)13-18/h4-6,9-10,13,15H,1-3,7-8,11-12,14H2,(H,22,23). The second-order valence-electron chi connectivity index (χ2n) is 6.27. The highest BCUT2D eigenvalue weighted by atomic mass is 16.1. The van der Waals surface area contributed by atoms with Gasteiger partial charge in [0.1, 0.15) is 0 Å². The van der Waals surface area contributed by atoms with Gasteiger partial charge in [-0.05, 0) is 42.9 Å². The Labute approximate surface area is 138 Å². The highest BCUT2D eigenvalue weighted by molar-refractivity contribution is 5.95. The van der Waals surface area contributed by atoms with Gasteiger partial charge in [-0.3, -0.25) is 9.78 Å². The van der Waals surface area contributed by atoms with Crippen molar-refractivity contribution < 1.29 is 4.79 Å². The number of aryl methyl sites for hydroxylation is 2. The van der Waals surface area contributed by atoms with Crippen LogP contribution in [0.1, 0.15) is 59.3 Å². The van der Waals surface area contributed by atoms with Crippen LogP contribution >= 0.6 is 0 Å². The predicted octanol–water partition coefficient (Wildman–Crippen LogP) is 4.06. The molecule has 0 saturated carbocycles. The normalized spacial score (nSPS) is 15.0. The summed E-state index contributed by atoms with van der Waals surface area (Å²) in [5, 5.41) is 3.02. The molecule has 2 bridgehead atoms. The van der Waals surface area contributed by atoms with Crippen LogP contribution in [0.15, 0.2) is 42.6 Å². The second-order valence-corrected chi connectivity index (χ2v) is 6.27. The Balaban J connectivity index is 1.72. The van der Waals surface area contributed by atoms with Crippen molar-refractivity contribution in [2.75, 3.05) is 0 Å². The fourth-order valence-electron chi connectivity index (χ4n) is 3.12. The zero-order valence-electron chi connectivity index (χ0n) is 13.6. The fourth-order valence-corrected chi connectivity index (χ4v) is 3.12. The number of rotatable bonds is 3. The molecule has 0 atom stereocenters. The molecular weight excluding hydrogens is 284 g/mol. The summed E-state index contributed by atoms with van der Waals surface area (Å²) >= 11 is 0. The van der Waals surface area contributed by atoms with E-state index in [1.807, 2.05) is 30.3 Å². The van der Waals surface area contributed by atoms with Gasteiger partial charge in [0.05, 0.1) is 5.56 Å². The summed E-state index contributed by atoms with van der Waals surface area (Å²) in [7, 11) is 0. The van der Waals surface area contributed by atoms with Crippen LogP contribution in [-0.4, -0.2) is 10.9 Å². The van der Waals surface area contributed by atoms with Crippen molar-refractivity contribution in [2.45, 2.75) is 51.5 Å². The van der Waals surface area contributed by atoms with Crippen molar-refractivity contribution in [3.63, 3.8) is 0 Å². The number of fused-ring (bicyclic) bond motifs is 2. The molecule has 120 valence electrons. The van der Waals surface area contributed by atoms with Crippen molar-refractivity contribution in [2.24, 2.45) is 0 Å². The highest BCUT2D eigenvalue weighted by Crippen LogP contribution is 2.18. The Hall–Kier alpha value is -2.16. The van der Waals surface area contributed by atoms with Crippen LogP contribution in [0.3, 0.4) is 0 Å². The molecule has 1 heterocycles. The predicted molar refractivity (Wildman–Crippen MR) is 92.3 cm³/mol. The van der Waals surface area contributed by atoms with Gasteiger partial charge in [-0.15, -0.1) is 0 Å². The van der Waals surface area contributed by atoms with Gasteiger partial charge in [-0.25, -0.2) is 0 Å². The lowest BCUT2D eigenvalue weighted by molar-refractivity contribution is 0.0949. The molecule has 0 aliphatic heterocycles. The first-order valence-electron chi connectivity index (χ1n) is 8.63. The van der Waals surface area contributed by atoms with E-state index in [1.54, 1.807) is 6.20 Å². The molecule has 3 rings (SSSR count). The average molecular weight is 308 g/mol. The van der Waals surface area contributed by atoms with Crippen LogP contribution in [0.25, 0.3) is 0 Å². The molecule has 1 N–H and O–H groups in total. The van der Waals surface area contributed by atoms with Gasteiger partial charge in [0, 0.05) is 18.4 Å². The van der Waals surface area contributed by atoms with E-state index in [2.05, 4.69) is 16.4 Å². The van der Waals surface area contributed by atoms with E-state index in [0.717, 1.165) is 41.6 Å². The minimum Gasteiger partial charge on any atom is -0.348 e. The lowest BCUT2D eigenvalue weighted by atomic mass is 9.97. The number of benzene rings is 1. The third-order valence-electron chi connectivity index (χ3n) is 4.47. The molecule has 23 heavy (non-hydrogen) atoms. The van der Waals surface area contributed by atoms with Gasteiger partial charge in [0.2, 0.25) is 0 Å². The van der Waals surface area contributed by atoms with Crippen LogP contribution in [-0.2, 0) is 19.4 Å². The quantitative estimate of drug-likeness (QED) is 0.929. The molecule has 0 unspecified atom stereocenters. The molecule has 2 aromatic rings. The summed E-state index contributed by atoms with van der Waals surface area (Å²) in [5.74, 6) is -0.0139. The molecular formula is C20H24N2O. The molecule has 0 saturated heterocycles. The molecule has 1 aromatic heterocycles. The third kappa shape index (κ3) is 4.41. The van der Waals surface area contributed by atoms with E-state index < -0.39 is 0 Å². The number of amides is 1. The molecule has 1 aliphatic rings. The molecule has 0 spiro atoms. The Morgan fingerprint density at radius 3 is 2.57 bits per heavy atom. The van der Waals surface area contributed by atoms with Gasteiger partial charge < -0.3 is 5.32 Å². The summed E-state index contributed by atoms with van der Waals surface area (Å²) in [6.07, 6.45) is 9.96. The second kappa shape index (κ2) is 7.91. The van der Waals surface area contributed by atoms with E-state index in [1.165, 1.54) is 25.7 Å². The minimum atomic E-state index is -0.0139. The maximum absolute atomic E-state index is 12.5. The maximum atomic E-state index is 12.5.